The highest BCUT2D eigenvalue weighted by molar-refractivity contribution is 7.15. The minimum Gasteiger partial charge on any atom is -0.392 e. The predicted molar refractivity (Wildman–Crippen MR) is 134 cm³/mol. The molecule has 0 radical (unpaired) electrons. The number of nitrogens with zero attached hydrogens (tertiary/aromatic N) is 2. The molecule has 1 aromatic carbocycles. The maximum absolute atomic E-state index is 13.5. The fourth-order valence-electron chi connectivity index (χ4n) is 4.07. The van der Waals surface area contributed by atoms with E-state index >= 15 is 0 Å². The summed E-state index contributed by atoms with van der Waals surface area (Å²) in [6.07, 6.45) is 5.66. The normalized spacial score (nSPS) is 11.3. The van der Waals surface area contributed by atoms with Crippen LogP contribution in [-0.2, 0) is 19.6 Å². The molecule has 4 heterocycles. The largest absolute Gasteiger partial charge is 0.392 e. The lowest BCUT2D eigenvalue weighted by atomic mass is 10.1. The molecule has 0 aliphatic rings. The second-order valence-corrected chi connectivity index (χ2v) is 9.56. The Morgan fingerprint density at radius 2 is 1.94 bits per heavy atom. The molecule has 36 heavy (non-hydrogen) atoms. The van der Waals surface area contributed by atoms with Crippen molar-refractivity contribution in [2.45, 2.75) is 26.0 Å². The first-order valence-corrected chi connectivity index (χ1v) is 12.1. The molecule has 0 atom stereocenters. The lowest BCUT2D eigenvalue weighted by molar-refractivity contribution is 0.0981. The average molecular weight is 506 g/mol. The molecule has 4 aromatic heterocycles. The van der Waals surface area contributed by atoms with Gasteiger partial charge in [0.25, 0.3) is 5.56 Å². The number of Topliss-reactive ketones (excluding diaryl/α,β-unsaturated/α-hetero) is 1. The third-order valence-corrected chi connectivity index (χ3v) is 7.13. The number of halogens is 2. The number of benzene rings is 1. The van der Waals surface area contributed by atoms with Crippen molar-refractivity contribution in [3.8, 4) is 10.4 Å². The predicted octanol–water partition coefficient (Wildman–Crippen LogP) is 5.09. The van der Waals surface area contributed by atoms with Crippen LogP contribution in [0.2, 0.25) is 0 Å². The van der Waals surface area contributed by atoms with Crippen LogP contribution in [0.15, 0.2) is 71.9 Å². The minimum absolute atomic E-state index is 0.0307. The van der Waals surface area contributed by atoms with Gasteiger partial charge in [-0.2, -0.15) is 0 Å². The Morgan fingerprint density at radius 3 is 2.75 bits per heavy atom. The van der Waals surface area contributed by atoms with Crippen LogP contribution < -0.4 is 5.56 Å². The summed E-state index contributed by atoms with van der Waals surface area (Å²) < 4.78 is 28.0. The number of thiophene rings is 1. The number of carbonyl (C=O) groups is 1. The second kappa shape index (κ2) is 9.96. The molecule has 5 rings (SSSR count). The number of aromatic amines is 1. The summed E-state index contributed by atoms with van der Waals surface area (Å²) in [6, 6.07) is 12.4. The van der Waals surface area contributed by atoms with E-state index in [1.54, 1.807) is 23.6 Å². The molecule has 0 aliphatic heterocycles. The molecular weight excluding hydrogens is 484 g/mol. The van der Waals surface area contributed by atoms with Crippen LogP contribution in [0.4, 0.5) is 8.78 Å². The van der Waals surface area contributed by atoms with Crippen LogP contribution in [0.25, 0.3) is 21.5 Å². The van der Waals surface area contributed by atoms with Crippen molar-refractivity contribution in [1.82, 2.24) is 14.5 Å². The van der Waals surface area contributed by atoms with Crippen LogP contribution in [0.1, 0.15) is 32.8 Å². The smallest absolute Gasteiger partial charge is 0.261 e. The Balaban J connectivity index is 1.30. The summed E-state index contributed by atoms with van der Waals surface area (Å²) in [5.41, 5.74) is 2.45. The van der Waals surface area contributed by atoms with Gasteiger partial charge in [0, 0.05) is 45.7 Å². The summed E-state index contributed by atoms with van der Waals surface area (Å²) in [4.78, 5) is 35.2. The Morgan fingerprint density at radius 1 is 1.08 bits per heavy atom. The van der Waals surface area contributed by atoms with Crippen LogP contribution in [-0.4, -0.2) is 25.4 Å². The third-order valence-electron chi connectivity index (χ3n) is 5.95. The molecule has 2 N–H and O–H groups in total. The molecule has 0 unspecified atom stereocenters. The number of aryl methyl sites for hydroxylation is 1. The van der Waals surface area contributed by atoms with Crippen molar-refractivity contribution in [3.63, 3.8) is 0 Å². The number of aliphatic hydroxyl groups excluding tert-OH is 1. The maximum atomic E-state index is 13.5. The van der Waals surface area contributed by atoms with Gasteiger partial charge in [-0.05, 0) is 60.0 Å². The van der Waals surface area contributed by atoms with Gasteiger partial charge in [0.2, 0.25) is 0 Å². The monoisotopic (exact) mass is 505 g/mol. The molecular formula is C27H21F2N3O3S. The molecule has 9 heteroatoms. The topological polar surface area (TPSA) is 88.0 Å². The van der Waals surface area contributed by atoms with Gasteiger partial charge >= 0.3 is 0 Å². The summed E-state index contributed by atoms with van der Waals surface area (Å²) >= 11 is 1.56. The number of nitrogens with one attached hydrogen (secondary N) is 1. The molecule has 0 fully saturated rings. The van der Waals surface area contributed by atoms with Gasteiger partial charge in [0.1, 0.15) is 5.65 Å². The van der Waals surface area contributed by atoms with Crippen LogP contribution in [0, 0.1) is 11.6 Å². The highest BCUT2D eigenvalue weighted by atomic mass is 32.1. The number of rotatable bonds is 8. The Hall–Kier alpha value is -3.95. The highest BCUT2D eigenvalue weighted by Crippen LogP contribution is 2.34. The Kier molecular flexibility index (Phi) is 6.58. The van der Waals surface area contributed by atoms with E-state index in [2.05, 4.69) is 9.97 Å². The molecule has 0 bridgehead atoms. The summed E-state index contributed by atoms with van der Waals surface area (Å²) in [5.74, 6) is -2.22. The minimum atomic E-state index is -0.985. The number of H-pyrrole nitrogens is 1. The molecule has 0 saturated carbocycles. The zero-order valence-electron chi connectivity index (χ0n) is 19.0. The van der Waals surface area contributed by atoms with Gasteiger partial charge in [0.15, 0.2) is 17.4 Å². The van der Waals surface area contributed by atoms with Crippen molar-refractivity contribution in [2.75, 3.05) is 0 Å². The second-order valence-electron chi connectivity index (χ2n) is 8.39. The molecule has 0 spiro atoms. The lowest BCUT2D eigenvalue weighted by Crippen LogP contribution is -2.26. The average Bonchev–Trinajstić information content (AvgIpc) is 3.52. The van der Waals surface area contributed by atoms with E-state index in [1.165, 1.54) is 22.9 Å². The van der Waals surface area contributed by atoms with Crippen molar-refractivity contribution in [2.24, 2.45) is 0 Å². The standard InChI is InChI=1S/C27H21F2N3O3S/c28-22-6-3-16(11-23(22)29)14-32-9-1-2-19(27(32)35)24(34)7-4-18-5-8-25(36-18)21-13-31-26-20(21)10-17(15-33)12-30-26/h1-3,5-6,8-13,33H,4,7,14-15H2,(H,30,31). The summed E-state index contributed by atoms with van der Waals surface area (Å²) in [7, 11) is 0. The third kappa shape index (κ3) is 4.75. The highest BCUT2D eigenvalue weighted by Gasteiger charge is 2.15. The van der Waals surface area contributed by atoms with Crippen LogP contribution >= 0.6 is 11.3 Å². The number of hydrogen-bond donors (Lipinski definition) is 2. The number of aromatic nitrogens is 3. The molecule has 0 amide bonds. The Labute approximate surface area is 208 Å². The molecule has 0 aliphatic carbocycles. The number of pyridine rings is 2. The van der Waals surface area contributed by atoms with Crippen molar-refractivity contribution in [1.29, 1.82) is 0 Å². The number of aliphatic hydroxyl groups is 1. The first-order chi connectivity index (χ1) is 17.4. The van der Waals surface area contributed by atoms with Gasteiger partial charge in [-0.1, -0.05) is 6.07 Å². The first-order valence-electron chi connectivity index (χ1n) is 11.3. The van der Waals surface area contributed by atoms with E-state index in [-0.39, 0.29) is 30.9 Å². The lowest BCUT2D eigenvalue weighted by Gasteiger charge is -2.08. The van der Waals surface area contributed by atoms with E-state index < -0.39 is 17.2 Å². The fraction of sp³-hybridized carbons (Fsp3) is 0.148. The quantitative estimate of drug-likeness (QED) is 0.288. The zero-order valence-corrected chi connectivity index (χ0v) is 19.8. The SMILES string of the molecule is O=C(CCc1ccc(-c2c[nH]c3ncc(CO)cc23)s1)c1cccn(Cc2ccc(F)c(F)c2)c1=O. The van der Waals surface area contributed by atoms with Crippen molar-refractivity contribution in [3.05, 3.63) is 111 Å². The summed E-state index contributed by atoms with van der Waals surface area (Å²) in [5, 5.41) is 10.3. The van der Waals surface area contributed by atoms with E-state index in [0.717, 1.165) is 44.0 Å². The molecule has 5 aromatic rings. The molecule has 182 valence electrons. The van der Waals surface area contributed by atoms with Crippen LogP contribution in [0.5, 0.6) is 0 Å². The number of ketones is 1. The van der Waals surface area contributed by atoms with Crippen molar-refractivity contribution < 1.29 is 18.7 Å². The number of hydrogen-bond acceptors (Lipinski definition) is 5. The summed E-state index contributed by atoms with van der Waals surface area (Å²) in [6.45, 7) is -0.0593. The van der Waals surface area contributed by atoms with Gasteiger partial charge in [-0.25, -0.2) is 13.8 Å². The number of fused-ring (bicyclic) bond motifs is 1. The van der Waals surface area contributed by atoms with E-state index in [0.29, 0.717) is 12.0 Å². The maximum Gasteiger partial charge on any atom is 0.261 e. The fourth-order valence-corrected chi connectivity index (χ4v) is 5.11. The zero-order chi connectivity index (χ0) is 25.2. The molecule has 6 nitrogen and oxygen atoms in total. The number of carbonyl (C=O) groups excluding carboxylic acids is 1. The van der Waals surface area contributed by atoms with Gasteiger partial charge < -0.3 is 14.7 Å². The Bertz CT molecular complexity index is 1640. The van der Waals surface area contributed by atoms with E-state index in [4.69, 9.17) is 0 Å². The molecule has 0 saturated heterocycles. The first kappa shape index (κ1) is 23.8. The van der Waals surface area contributed by atoms with Gasteiger partial charge in [-0.3, -0.25) is 9.59 Å². The van der Waals surface area contributed by atoms with E-state index in [9.17, 15) is 23.5 Å². The van der Waals surface area contributed by atoms with Gasteiger partial charge in [0.05, 0.1) is 18.7 Å². The van der Waals surface area contributed by atoms with Crippen molar-refractivity contribution >= 4 is 28.2 Å². The van der Waals surface area contributed by atoms with E-state index in [1.807, 2.05) is 24.4 Å². The van der Waals surface area contributed by atoms with Gasteiger partial charge in [-0.15, -0.1) is 11.3 Å². The van der Waals surface area contributed by atoms with Crippen LogP contribution in [0.3, 0.4) is 0 Å².